The highest BCUT2D eigenvalue weighted by Gasteiger charge is 2.01. The molecule has 1 heterocycles. The molecule has 1 rings (SSSR count). The summed E-state index contributed by atoms with van der Waals surface area (Å²) in [7, 11) is 0. The third-order valence-corrected chi connectivity index (χ3v) is 1.87. The second-order valence-electron chi connectivity index (χ2n) is 2.47. The molecule has 0 fully saturated rings. The Morgan fingerprint density at radius 2 is 2.46 bits per heavy atom. The standard InChI is InChI=1S/C8H11N3OS/c1-6-9-4-3-7(10-6)11-8(12)5-13-2/h3-4H,5H2,1-2H3,(H,9,10,11,12). The highest BCUT2D eigenvalue weighted by atomic mass is 32.2. The van der Waals surface area contributed by atoms with Crippen LogP contribution >= 0.6 is 11.8 Å². The van der Waals surface area contributed by atoms with Gasteiger partial charge in [0.2, 0.25) is 5.91 Å². The third-order valence-electron chi connectivity index (χ3n) is 1.32. The van der Waals surface area contributed by atoms with Crippen LogP contribution in [0.3, 0.4) is 0 Å². The van der Waals surface area contributed by atoms with E-state index in [9.17, 15) is 4.79 Å². The number of nitrogens with one attached hydrogen (secondary N) is 1. The van der Waals surface area contributed by atoms with E-state index in [0.717, 1.165) is 0 Å². The van der Waals surface area contributed by atoms with Crippen molar-refractivity contribution >= 4 is 23.5 Å². The first-order chi connectivity index (χ1) is 6.22. The Labute approximate surface area is 81.2 Å². The lowest BCUT2D eigenvalue weighted by molar-refractivity contribution is -0.113. The molecule has 0 unspecified atom stereocenters. The van der Waals surface area contributed by atoms with Gasteiger partial charge in [0, 0.05) is 6.20 Å². The molecule has 0 aliphatic rings. The lowest BCUT2D eigenvalue weighted by Crippen LogP contribution is -2.15. The number of carbonyl (C=O) groups is 1. The van der Waals surface area contributed by atoms with Gasteiger partial charge in [-0.3, -0.25) is 4.79 Å². The van der Waals surface area contributed by atoms with Crippen LogP contribution in [0, 0.1) is 6.92 Å². The van der Waals surface area contributed by atoms with Crippen molar-refractivity contribution in [2.75, 3.05) is 17.3 Å². The zero-order valence-electron chi connectivity index (χ0n) is 7.57. The van der Waals surface area contributed by atoms with Gasteiger partial charge in [-0.25, -0.2) is 9.97 Å². The molecular formula is C8H11N3OS. The van der Waals surface area contributed by atoms with Crippen molar-refractivity contribution in [2.24, 2.45) is 0 Å². The van der Waals surface area contributed by atoms with Gasteiger partial charge in [0.05, 0.1) is 5.75 Å². The zero-order valence-corrected chi connectivity index (χ0v) is 8.39. The first kappa shape index (κ1) is 9.98. The zero-order chi connectivity index (χ0) is 9.68. The Bertz CT molecular complexity index is 303. The van der Waals surface area contributed by atoms with Crippen molar-refractivity contribution in [3.05, 3.63) is 18.1 Å². The molecule has 0 aliphatic heterocycles. The van der Waals surface area contributed by atoms with Gasteiger partial charge in [0.15, 0.2) is 0 Å². The number of aryl methyl sites for hydroxylation is 1. The van der Waals surface area contributed by atoms with E-state index in [2.05, 4.69) is 15.3 Å². The fraction of sp³-hybridized carbons (Fsp3) is 0.375. The van der Waals surface area contributed by atoms with Crippen LogP contribution in [0.2, 0.25) is 0 Å². The number of hydrogen-bond acceptors (Lipinski definition) is 4. The molecule has 0 atom stereocenters. The van der Waals surface area contributed by atoms with E-state index in [1.54, 1.807) is 19.2 Å². The van der Waals surface area contributed by atoms with Crippen molar-refractivity contribution in [1.29, 1.82) is 0 Å². The number of nitrogens with zero attached hydrogens (tertiary/aromatic N) is 2. The van der Waals surface area contributed by atoms with Crippen LogP contribution < -0.4 is 5.32 Å². The number of rotatable bonds is 3. The largest absolute Gasteiger partial charge is 0.310 e. The van der Waals surface area contributed by atoms with Gasteiger partial charge in [0.1, 0.15) is 11.6 Å². The van der Waals surface area contributed by atoms with Gasteiger partial charge < -0.3 is 5.32 Å². The molecule has 0 aromatic carbocycles. The van der Waals surface area contributed by atoms with Gasteiger partial charge in [-0.2, -0.15) is 11.8 Å². The first-order valence-corrected chi connectivity index (χ1v) is 5.20. The molecular weight excluding hydrogens is 186 g/mol. The molecule has 0 aliphatic carbocycles. The smallest absolute Gasteiger partial charge is 0.235 e. The number of amides is 1. The van der Waals surface area contributed by atoms with Crippen molar-refractivity contribution < 1.29 is 4.79 Å². The van der Waals surface area contributed by atoms with Crippen molar-refractivity contribution in [2.45, 2.75) is 6.92 Å². The molecule has 1 amide bonds. The van der Waals surface area contributed by atoms with Crippen LogP contribution in [-0.4, -0.2) is 27.9 Å². The second-order valence-corrected chi connectivity index (χ2v) is 3.34. The Morgan fingerprint density at radius 1 is 1.69 bits per heavy atom. The van der Waals surface area contributed by atoms with Gasteiger partial charge in [-0.15, -0.1) is 0 Å². The minimum Gasteiger partial charge on any atom is -0.310 e. The molecule has 0 bridgehead atoms. The number of carbonyl (C=O) groups excluding carboxylic acids is 1. The lowest BCUT2D eigenvalue weighted by atomic mass is 10.5. The molecule has 0 saturated carbocycles. The van der Waals surface area contributed by atoms with E-state index in [4.69, 9.17) is 0 Å². The SMILES string of the molecule is CSCC(=O)Nc1ccnc(C)n1. The van der Waals surface area contributed by atoms with E-state index in [-0.39, 0.29) is 5.91 Å². The average Bonchev–Trinajstić information content (AvgIpc) is 2.04. The summed E-state index contributed by atoms with van der Waals surface area (Å²) in [5.41, 5.74) is 0. The van der Waals surface area contributed by atoms with Crippen molar-refractivity contribution in [3.63, 3.8) is 0 Å². The molecule has 1 N–H and O–H groups in total. The van der Waals surface area contributed by atoms with E-state index in [1.807, 2.05) is 6.26 Å². The van der Waals surface area contributed by atoms with Gasteiger partial charge in [0.25, 0.3) is 0 Å². The summed E-state index contributed by atoms with van der Waals surface area (Å²) in [5.74, 6) is 1.63. The first-order valence-electron chi connectivity index (χ1n) is 3.81. The molecule has 5 heteroatoms. The molecule has 1 aromatic heterocycles. The van der Waals surface area contributed by atoms with E-state index in [1.165, 1.54) is 11.8 Å². The normalized spacial score (nSPS) is 9.69. The summed E-state index contributed by atoms with van der Waals surface area (Å²) >= 11 is 1.48. The predicted octanol–water partition coefficient (Wildman–Crippen LogP) is 1.09. The Balaban J connectivity index is 2.58. The maximum Gasteiger partial charge on any atom is 0.235 e. The molecule has 13 heavy (non-hydrogen) atoms. The molecule has 70 valence electrons. The molecule has 0 spiro atoms. The molecule has 0 radical (unpaired) electrons. The Kier molecular flexibility index (Phi) is 3.70. The fourth-order valence-electron chi connectivity index (χ4n) is 0.836. The summed E-state index contributed by atoms with van der Waals surface area (Å²) in [5, 5.41) is 2.67. The number of thioether (sulfide) groups is 1. The minimum atomic E-state index is -0.0365. The van der Waals surface area contributed by atoms with Crippen molar-refractivity contribution in [1.82, 2.24) is 9.97 Å². The van der Waals surface area contributed by atoms with Gasteiger partial charge in [-0.05, 0) is 19.2 Å². The maximum absolute atomic E-state index is 11.1. The molecule has 4 nitrogen and oxygen atoms in total. The summed E-state index contributed by atoms with van der Waals surface area (Å²) < 4.78 is 0. The second kappa shape index (κ2) is 4.81. The Morgan fingerprint density at radius 3 is 3.08 bits per heavy atom. The fourth-order valence-corrected chi connectivity index (χ4v) is 1.17. The lowest BCUT2D eigenvalue weighted by Gasteiger charge is -2.02. The molecule has 0 saturated heterocycles. The van der Waals surface area contributed by atoms with E-state index < -0.39 is 0 Å². The minimum absolute atomic E-state index is 0.0365. The number of hydrogen-bond donors (Lipinski definition) is 1. The van der Waals surface area contributed by atoms with Crippen LogP contribution in [0.1, 0.15) is 5.82 Å². The topological polar surface area (TPSA) is 54.9 Å². The monoisotopic (exact) mass is 197 g/mol. The van der Waals surface area contributed by atoms with Crippen LogP contribution in [0.4, 0.5) is 5.82 Å². The summed E-state index contributed by atoms with van der Waals surface area (Å²) in [6.07, 6.45) is 3.50. The quantitative estimate of drug-likeness (QED) is 0.788. The Hall–Kier alpha value is -1.10. The third kappa shape index (κ3) is 3.42. The maximum atomic E-state index is 11.1. The number of aromatic nitrogens is 2. The van der Waals surface area contributed by atoms with Crippen LogP contribution in [0.5, 0.6) is 0 Å². The van der Waals surface area contributed by atoms with Crippen LogP contribution in [0.15, 0.2) is 12.3 Å². The van der Waals surface area contributed by atoms with E-state index >= 15 is 0 Å². The van der Waals surface area contributed by atoms with Crippen LogP contribution in [-0.2, 0) is 4.79 Å². The highest BCUT2D eigenvalue weighted by molar-refractivity contribution is 7.99. The summed E-state index contributed by atoms with van der Waals surface area (Å²) in [6, 6.07) is 1.67. The summed E-state index contributed by atoms with van der Waals surface area (Å²) in [6.45, 7) is 1.78. The highest BCUT2D eigenvalue weighted by Crippen LogP contribution is 2.02. The summed E-state index contributed by atoms with van der Waals surface area (Å²) in [4.78, 5) is 19.1. The van der Waals surface area contributed by atoms with Crippen LogP contribution in [0.25, 0.3) is 0 Å². The molecule has 1 aromatic rings. The number of anilines is 1. The average molecular weight is 197 g/mol. The predicted molar refractivity (Wildman–Crippen MR) is 53.8 cm³/mol. The van der Waals surface area contributed by atoms with Crippen molar-refractivity contribution in [3.8, 4) is 0 Å². The van der Waals surface area contributed by atoms with Gasteiger partial charge in [-0.1, -0.05) is 0 Å². The van der Waals surface area contributed by atoms with Gasteiger partial charge >= 0.3 is 0 Å². The van der Waals surface area contributed by atoms with E-state index in [0.29, 0.717) is 17.4 Å².